The van der Waals surface area contributed by atoms with E-state index in [9.17, 15) is 0 Å². The Labute approximate surface area is 107 Å². The Kier molecular flexibility index (Phi) is 7.74. The lowest BCUT2D eigenvalue weighted by Gasteiger charge is -2.17. The first-order valence-electron chi connectivity index (χ1n) is 7.14. The van der Waals surface area contributed by atoms with Gasteiger partial charge in [-0.15, -0.1) is 0 Å². The van der Waals surface area contributed by atoms with E-state index in [1.165, 1.54) is 37.7 Å². The van der Waals surface area contributed by atoms with E-state index in [2.05, 4.69) is 49.5 Å². The maximum Gasteiger partial charge on any atom is 0.00200 e. The Balaban J connectivity index is 2.43. The van der Waals surface area contributed by atoms with Crippen molar-refractivity contribution in [3.05, 3.63) is 35.9 Å². The molecule has 1 heteroatoms. The highest BCUT2D eigenvalue weighted by Gasteiger charge is 2.09. The fourth-order valence-corrected chi connectivity index (χ4v) is 2.25. The summed E-state index contributed by atoms with van der Waals surface area (Å²) in [6.45, 7) is 6.64. The second kappa shape index (κ2) is 9.23. The van der Waals surface area contributed by atoms with Gasteiger partial charge in [0.1, 0.15) is 0 Å². The molecule has 0 amide bonds. The summed E-state index contributed by atoms with van der Waals surface area (Å²) in [5, 5.41) is 3.49. The number of benzene rings is 1. The van der Waals surface area contributed by atoms with Gasteiger partial charge in [0.2, 0.25) is 0 Å². The molecule has 17 heavy (non-hydrogen) atoms. The summed E-state index contributed by atoms with van der Waals surface area (Å²) in [5.41, 5.74) is 1.49. The zero-order valence-corrected chi connectivity index (χ0v) is 11.4. The molecule has 1 rings (SSSR count). The van der Waals surface area contributed by atoms with Crippen LogP contribution in [0.5, 0.6) is 0 Å². The van der Waals surface area contributed by atoms with Gasteiger partial charge < -0.3 is 5.32 Å². The average molecular weight is 233 g/mol. The highest BCUT2D eigenvalue weighted by atomic mass is 14.8. The van der Waals surface area contributed by atoms with Crippen molar-refractivity contribution in [2.75, 3.05) is 13.1 Å². The van der Waals surface area contributed by atoms with E-state index in [-0.39, 0.29) is 0 Å². The fraction of sp³-hybridized carbons (Fsp3) is 0.625. The van der Waals surface area contributed by atoms with Crippen LogP contribution in [-0.2, 0) is 0 Å². The van der Waals surface area contributed by atoms with Crippen molar-refractivity contribution in [3.8, 4) is 0 Å². The zero-order valence-electron chi connectivity index (χ0n) is 11.4. The maximum atomic E-state index is 3.49. The Morgan fingerprint density at radius 2 is 1.76 bits per heavy atom. The SMILES string of the molecule is CCCCCCC(CNCC)c1ccccc1. The molecule has 0 aromatic heterocycles. The Hall–Kier alpha value is -0.820. The Bertz CT molecular complexity index is 268. The van der Waals surface area contributed by atoms with Crippen LogP contribution in [0.2, 0.25) is 0 Å². The summed E-state index contributed by atoms with van der Waals surface area (Å²) in [6.07, 6.45) is 6.76. The molecule has 0 radical (unpaired) electrons. The number of likely N-dealkylation sites (N-methyl/N-ethyl adjacent to an activating group) is 1. The van der Waals surface area contributed by atoms with Gasteiger partial charge in [0, 0.05) is 6.54 Å². The van der Waals surface area contributed by atoms with Gasteiger partial charge in [-0.3, -0.25) is 0 Å². The second-order valence-corrected chi connectivity index (χ2v) is 4.76. The largest absolute Gasteiger partial charge is 0.316 e. The molecular weight excluding hydrogens is 206 g/mol. The lowest BCUT2D eigenvalue weighted by atomic mass is 9.93. The monoisotopic (exact) mass is 233 g/mol. The molecule has 1 unspecified atom stereocenters. The molecule has 1 nitrogen and oxygen atoms in total. The highest BCUT2D eigenvalue weighted by Crippen LogP contribution is 2.21. The third kappa shape index (κ3) is 5.88. The fourth-order valence-electron chi connectivity index (χ4n) is 2.25. The predicted molar refractivity (Wildman–Crippen MR) is 76.5 cm³/mol. The van der Waals surface area contributed by atoms with Gasteiger partial charge in [-0.05, 0) is 24.4 Å². The smallest absolute Gasteiger partial charge is 0.00200 e. The van der Waals surface area contributed by atoms with E-state index in [4.69, 9.17) is 0 Å². The molecule has 1 N–H and O–H groups in total. The summed E-state index contributed by atoms with van der Waals surface area (Å²) >= 11 is 0. The van der Waals surface area contributed by atoms with Crippen LogP contribution in [0.25, 0.3) is 0 Å². The molecular formula is C16H27N. The summed E-state index contributed by atoms with van der Waals surface area (Å²) in [4.78, 5) is 0. The van der Waals surface area contributed by atoms with Gasteiger partial charge >= 0.3 is 0 Å². The lowest BCUT2D eigenvalue weighted by molar-refractivity contribution is 0.521. The summed E-state index contributed by atoms with van der Waals surface area (Å²) < 4.78 is 0. The zero-order chi connectivity index (χ0) is 12.3. The third-order valence-electron chi connectivity index (χ3n) is 3.32. The van der Waals surface area contributed by atoms with Crippen LogP contribution in [0.1, 0.15) is 57.4 Å². The van der Waals surface area contributed by atoms with Gasteiger partial charge in [0.05, 0.1) is 0 Å². The third-order valence-corrected chi connectivity index (χ3v) is 3.32. The van der Waals surface area contributed by atoms with Gasteiger partial charge in [-0.1, -0.05) is 69.9 Å². The van der Waals surface area contributed by atoms with E-state index < -0.39 is 0 Å². The average Bonchev–Trinajstić information content (AvgIpc) is 2.39. The molecule has 0 saturated heterocycles. The number of hydrogen-bond acceptors (Lipinski definition) is 1. The van der Waals surface area contributed by atoms with E-state index >= 15 is 0 Å². The molecule has 96 valence electrons. The molecule has 0 aliphatic carbocycles. The first-order chi connectivity index (χ1) is 8.38. The van der Waals surface area contributed by atoms with Gasteiger partial charge in [0.25, 0.3) is 0 Å². The molecule has 1 atom stereocenters. The van der Waals surface area contributed by atoms with Crippen molar-refractivity contribution < 1.29 is 0 Å². The standard InChI is InChI=1S/C16H27N/c1-3-5-6-8-13-16(14-17-4-2)15-11-9-7-10-12-15/h7,9-12,16-17H,3-6,8,13-14H2,1-2H3. The van der Waals surface area contributed by atoms with Gasteiger partial charge in [-0.25, -0.2) is 0 Å². The topological polar surface area (TPSA) is 12.0 Å². The normalized spacial score (nSPS) is 12.6. The molecule has 0 aliphatic heterocycles. The van der Waals surface area contributed by atoms with Crippen molar-refractivity contribution in [1.29, 1.82) is 0 Å². The van der Waals surface area contributed by atoms with Gasteiger partial charge in [0.15, 0.2) is 0 Å². The minimum Gasteiger partial charge on any atom is -0.316 e. The predicted octanol–water partition coefficient (Wildman–Crippen LogP) is 4.35. The van der Waals surface area contributed by atoms with Crippen molar-refractivity contribution in [2.24, 2.45) is 0 Å². The maximum absolute atomic E-state index is 3.49. The first-order valence-corrected chi connectivity index (χ1v) is 7.14. The van der Waals surface area contributed by atoms with Crippen molar-refractivity contribution in [1.82, 2.24) is 5.32 Å². The molecule has 1 aromatic carbocycles. The van der Waals surface area contributed by atoms with Gasteiger partial charge in [-0.2, -0.15) is 0 Å². The van der Waals surface area contributed by atoms with Crippen LogP contribution in [0.3, 0.4) is 0 Å². The molecule has 0 fully saturated rings. The minimum atomic E-state index is 0.688. The summed E-state index contributed by atoms with van der Waals surface area (Å²) in [6, 6.07) is 10.9. The molecule has 0 heterocycles. The number of hydrogen-bond donors (Lipinski definition) is 1. The van der Waals surface area contributed by atoms with E-state index in [1.807, 2.05) is 0 Å². The van der Waals surface area contributed by atoms with Crippen molar-refractivity contribution in [3.63, 3.8) is 0 Å². The van der Waals surface area contributed by atoms with Crippen LogP contribution < -0.4 is 5.32 Å². The first kappa shape index (κ1) is 14.2. The molecule has 0 saturated carbocycles. The van der Waals surface area contributed by atoms with Crippen molar-refractivity contribution in [2.45, 2.75) is 51.9 Å². The molecule has 0 aliphatic rings. The van der Waals surface area contributed by atoms with E-state index in [1.54, 1.807) is 0 Å². The summed E-state index contributed by atoms with van der Waals surface area (Å²) in [7, 11) is 0. The lowest BCUT2D eigenvalue weighted by Crippen LogP contribution is -2.21. The van der Waals surface area contributed by atoms with Crippen LogP contribution in [0, 0.1) is 0 Å². The molecule has 0 spiro atoms. The summed E-state index contributed by atoms with van der Waals surface area (Å²) in [5.74, 6) is 0.688. The van der Waals surface area contributed by atoms with Crippen LogP contribution in [-0.4, -0.2) is 13.1 Å². The molecule has 1 aromatic rings. The Morgan fingerprint density at radius 1 is 1.00 bits per heavy atom. The van der Waals surface area contributed by atoms with E-state index in [0.29, 0.717) is 5.92 Å². The van der Waals surface area contributed by atoms with Crippen LogP contribution >= 0.6 is 0 Å². The van der Waals surface area contributed by atoms with Crippen molar-refractivity contribution >= 4 is 0 Å². The second-order valence-electron chi connectivity index (χ2n) is 4.76. The quantitative estimate of drug-likeness (QED) is 0.625. The Morgan fingerprint density at radius 3 is 2.41 bits per heavy atom. The minimum absolute atomic E-state index is 0.688. The molecule has 0 bridgehead atoms. The number of nitrogens with one attached hydrogen (secondary N) is 1. The number of rotatable bonds is 9. The highest BCUT2D eigenvalue weighted by molar-refractivity contribution is 5.19. The number of unbranched alkanes of at least 4 members (excludes halogenated alkanes) is 3. The van der Waals surface area contributed by atoms with Crippen LogP contribution in [0.4, 0.5) is 0 Å². The van der Waals surface area contributed by atoms with E-state index in [0.717, 1.165) is 13.1 Å². The van der Waals surface area contributed by atoms with Crippen LogP contribution in [0.15, 0.2) is 30.3 Å².